The number of benzene rings is 2. The molecule has 2 aromatic rings. The van der Waals surface area contributed by atoms with E-state index < -0.39 is 27.7 Å². The van der Waals surface area contributed by atoms with Crippen molar-refractivity contribution in [2.75, 3.05) is 7.05 Å². The zero-order chi connectivity index (χ0) is 19.8. The minimum Gasteiger partial charge on any atom is -0.335 e. The van der Waals surface area contributed by atoms with Crippen LogP contribution in [0.2, 0.25) is 0 Å². The molecule has 1 aliphatic carbocycles. The van der Waals surface area contributed by atoms with Gasteiger partial charge in [-0.05, 0) is 61.7 Å². The number of rotatable bonds is 6. The molecule has 27 heavy (non-hydrogen) atoms. The van der Waals surface area contributed by atoms with Gasteiger partial charge in [0.15, 0.2) is 11.6 Å². The number of sulfonamides is 1. The molecule has 2 aromatic carbocycles. The van der Waals surface area contributed by atoms with Crippen molar-refractivity contribution in [2.45, 2.75) is 36.7 Å². The van der Waals surface area contributed by atoms with Crippen LogP contribution < -0.4 is 4.72 Å². The standard InChI is InChI=1S/C19H20F2N2O3S/c1-12(14-5-10-17(20)18(21)11-14)23(2)19(24)13-3-8-16(9-4-13)27(25,26)22-15-6-7-15/h3-5,8-12,15,22H,6-7H2,1-2H3. The lowest BCUT2D eigenvalue weighted by molar-refractivity contribution is 0.0742. The van der Waals surface area contributed by atoms with Gasteiger partial charge in [0.25, 0.3) is 5.91 Å². The molecule has 8 heteroatoms. The number of hydrogen-bond donors (Lipinski definition) is 1. The summed E-state index contributed by atoms with van der Waals surface area (Å²) in [6.45, 7) is 1.70. The van der Waals surface area contributed by atoms with Crippen LogP contribution >= 0.6 is 0 Å². The summed E-state index contributed by atoms with van der Waals surface area (Å²) in [4.78, 5) is 14.1. The predicted molar refractivity (Wildman–Crippen MR) is 96.7 cm³/mol. The highest BCUT2D eigenvalue weighted by Gasteiger charge is 2.28. The molecule has 0 radical (unpaired) electrons. The normalized spacial score (nSPS) is 15.4. The molecule has 1 unspecified atom stereocenters. The van der Waals surface area contributed by atoms with E-state index in [-0.39, 0.29) is 16.8 Å². The SMILES string of the molecule is CC(c1ccc(F)c(F)c1)N(C)C(=O)c1ccc(S(=O)(=O)NC2CC2)cc1. The van der Waals surface area contributed by atoms with Crippen molar-refractivity contribution in [1.29, 1.82) is 0 Å². The molecule has 1 saturated carbocycles. The Hall–Kier alpha value is -2.32. The van der Waals surface area contributed by atoms with Crippen LogP contribution in [0.3, 0.4) is 0 Å². The molecule has 1 aliphatic rings. The second-order valence-corrected chi connectivity index (χ2v) is 8.40. The monoisotopic (exact) mass is 394 g/mol. The highest BCUT2D eigenvalue weighted by Crippen LogP contribution is 2.24. The molecule has 0 heterocycles. The summed E-state index contributed by atoms with van der Waals surface area (Å²) >= 11 is 0. The van der Waals surface area contributed by atoms with E-state index in [9.17, 15) is 22.0 Å². The predicted octanol–water partition coefficient (Wildman–Crippen LogP) is 3.24. The van der Waals surface area contributed by atoms with E-state index in [1.807, 2.05) is 0 Å². The van der Waals surface area contributed by atoms with Crippen LogP contribution in [0.15, 0.2) is 47.4 Å². The summed E-state index contributed by atoms with van der Waals surface area (Å²) in [6.07, 6.45) is 1.67. The van der Waals surface area contributed by atoms with Crippen LogP contribution in [0.1, 0.15) is 41.7 Å². The van der Waals surface area contributed by atoms with Crippen molar-refractivity contribution in [3.63, 3.8) is 0 Å². The summed E-state index contributed by atoms with van der Waals surface area (Å²) in [6, 6.07) is 8.66. The third-order valence-corrected chi connectivity index (χ3v) is 6.17. The largest absolute Gasteiger partial charge is 0.335 e. The van der Waals surface area contributed by atoms with Crippen molar-refractivity contribution >= 4 is 15.9 Å². The Morgan fingerprint density at radius 1 is 1.11 bits per heavy atom. The summed E-state index contributed by atoms with van der Waals surface area (Å²) < 4.78 is 53.5. The zero-order valence-corrected chi connectivity index (χ0v) is 15.8. The molecular weight excluding hydrogens is 374 g/mol. The van der Waals surface area contributed by atoms with Gasteiger partial charge in [-0.15, -0.1) is 0 Å². The first kappa shape index (κ1) is 19.4. The third kappa shape index (κ3) is 4.33. The van der Waals surface area contributed by atoms with Crippen LogP contribution in [0.5, 0.6) is 0 Å². The smallest absolute Gasteiger partial charge is 0.254 e. The van der Waals surface area contributed by atoms with Gasteiger partial charge in [-0.1, -0.05) is 6.07 Å². The quantitative estimate of drug-likeness (QED) is 0.818. The van der Waals surface area contributed by atoms with Gasteiger partial charge < -0.3 is 4.90 Å². The summed E-state index contributed by atoms with van der Waals surface area (Å²) in [7, 11) is -2.03. The number of hydrogen-bond acceptors (Lipinski definition) is 3. The van der Waals surface area contributed by atoms with Crippen molar-refractivity contribution in [2.24, 2.45) is 0 Å². The Labute approximate surface area is 157 Å². The Morgan fingerprint density at radius 2 is 1.74 bits per heavy atom. The lowest BCUT2D eigenvalue weighted by Gasteiger charge is -2.25. The van der Waals surface area contributed by atoms with Crippen molar-refractivity contribution in [1.82, 2.24) is 9.62 Å². The van der Waals surface area contributed by atoms with E-state index in [1.165, 1.54) is 35.2 Å². The molecule has 1 amide bonds. The fourth-order valence-corrected chi connectivity index (χ4v) is 3.95. The topological polar surface area (TPSA) is 66.5 Å². The summed E-state index contributed by atoms with van der Waals surface area (Å²) in [5.74, 6) is -2.28. The average molecular weight is 394 g/mol. The Morgan fingerprint density at radius 3 is 2.30 bits per heavy atom. The van der Waals surface area contributed by atoms with Crippen molar-refractivity contribution < 1.29 is 22.0 Å². The molecule has 0 spiro atoms. The fraction of sp³-hybridized carbons (Fsp3) is 0.316. The highest BCUT2D eigenvalue weighted by atomic mass is 32.2. The number of carbonyl (C=O) groups is 1. The zero-order valence-electron chi connectivity index (χ0n) is 14.9. The molecule has 1 atom stereocenters. The first-order valence-corrected chi connectivity index (χ1v) is 10.0. The summed E-state index contributed by atoms with van der Waals surface area (Å²) in [5, 5.41) is 0. The van der Waals surface area contributed by atoms with Crippen LogP contribution in [0.25, 0.3) is 0 Å². The number of nitrogens with one attached hydrogen (secondary N) is 1. The molecule has 0 aliphatic heterocycles. The van der Waals surface area contributed by atoms with Gasteiger partial charge in [-0.2, -0.15) is 0 Å². The van der Waals surface area contributed by atoms with Crippen molar-refractivity contribution in [3.05, 3.63) is 65.2 Å². The van der Waals surface area contributed by atoms with Gasteiger partial charge in [0.05, 0.1) is 10.9 Å². The Balaban J connectivity index is 1.75. The van der Waals surface area contributed by atoms with E-state index in [0.717, 1.165) is 25.0 Å². The first-order chi connectivity index (χ1) is 12.7. The van der Waals surface area contributed by atoms with Crippen LogP contribution in [-0.4, -0.2) is 32.3 Å². The Bertz CT molecular complexity index is 957. The van der Waals surface area contributed by atoms with Gasteiger partial charge in [-0.25, -0.2) is 21.9 Å². The van der Waals surface area contributed by atoms with E-state index in [0.29, 0.717) is 11.1 Å². The van der Waals surface area contributed by atoms with Gasteiger partial charge in [0.2, 0.25) is 10.0 Å². The van der Waals surface area contributed by atoms with E-state index >= 15 is 0 Å². The molecule has 0 bridgehead atoms. The van der Waals surface area contributed by atoms with Crippen molar-refractivity contribution in [3.8, 4) is 0 Å². The second kappa shape index (κ2) is 7.36. The number of halogens is 2. The van der Waals surface area contributed by atoms with E-state index in [2.05, 4.69) is 4.72 Å². The van der Waals surface area contributed by atoms with Gasteiger partial charge in [0.1, 0.15) is 0 Å². The molecule has 144 valence electrons. The fourth-order valence-electron chi connectivity index (χ4n) is 2.64. The molecule has 3 rings (SSSR count). The molecule has 5 nitrogen and oxygen atoms in total. The average Bonchev–Trinajstić information content (AvgIpc) is 3.45. The molecule has 1 N–H and O–H groups in total. The molecule has 1 fully saturated rings. The van der Waals surface area contributed by atoms with Crippen LogP contribution in [0, 0.1) is 11.6 Å². The number of nitrogens with zero attached hydrogens (tertiary/aromatic N) is 1. The molecular formula is C19H20F2N2O3S. The maximum Gasteiger partial charge on any atom is 0.254 e. The third-order valence-electron chi connectivity index (χ3n) is 4.64. The van der Waals surface area contributed by atoms with Gasteiger partial charge >= 0.3 is 0 Å². The number of amides is 1. The maximum absolute atomic E-state index is 13.4. The van der Waals surface area contributed by atoms with Crippen LogP contribution in [0.4, 0.5) is 8.78 Å². The molecule has 0 saturated heterocycles. The van der Waals surface area contributed by atoms with Crippen LogP contribution in [-0.2, 0) is 10.0 Å². The van der Waals surface area contributed by atoms with E-state index in [1.54, 1.807) is 14.0 Å². The highest BCUT2D eigenvalue weighted by molar-refractivity contribution is 7.89. The summed E-state index contributed by atoms with van der Waals surface area (Å²) in [5.41, 5.74) is 0.759. The van der Waals surface area contributed by atoms with Gasteiger partial charge in [0, 0.05) is 18.7 Å². The lowest BCUT2D eigenvalue weighted by atomic mass is 10.1. The minimum atomic E-state index is -3.58. The van der Waals surface area contributed by atoms with E-state index in [4.69, 9.17) is 0 Å². The maximum atomic E-state index is 13.4. The first-order valence-electron chi connectivity index (χ1n) is 8.53. The lowest BCUT2D eigenvalue weighted by Crippen LogP contribution is -2.30. The Kier molecular flexibility index (Phi) is 5.30. The second-order valence-electron chi connectivity index (χ2n) is 6.69. The number of carbonyl (C=O) groups excluding carboxylic acids is 1. The molecule has 0 aromatic heterocycles. The van der Waals surface area contributed by atoms with Gasteiger partial charge in [-0.3, -0.25) is 4.79 Å². The minimum absolute atomic E-state index is 0.000559.